The Morgan fingerprint density at radius 3 is 2.24 bits per heavy atom. The van der Waals surface area contributed by atoms with Crippen LogP contribution in [-0.4, -0.2) is 23.1 Å². The number of halogens is 1. The Kier molecular flexibility index (Phi) is 5.75. The molecule has 2 rings (SSSR count). The first-order valence-corrected chi connectivity index (χ1v) is 7.88. The Morgan fingerprint density at radius 1 is 1.08 bits per heavy atom. The Labute approximate surface area is 145 Å². The molecule has 2 aromatic rings. The van der Waals surface area contributed by atoms with Crippen LogP contribution in [0.25, 0.3) is 0 Å². The highest BCUT2D eigenvalue weighted by Crippen LogP contribution is 2.19. The van der Waals surface area contributed by atoms with Crippen LogP contribution in [0.4, 0.5) is 4.39 Å². The molecule has 0 spiro atoms. The van der Waals surface area contributed by atoms with Gasteiger partial charge in [0.25, 0.3) is 5.91 Å². The summed E-state index contributed by atoms with van der Waals surface area (Å²) in [6.45, 7) is 5.64. The predicted octanol–water partition coefficient (Wildman–Crippen LogP) is 3.80. The van der Waals surface area contributed by atoms with Crippen molar-refractivity contribution in [3.8, 4) is 5.75 Å². The molecule has 6 heteroatoms. The van der Waals surface area contributed by atoms with E-state index in [1.165, 1.54) is 12.1 Å². The minimum atomic E-state index is -1.25. The van der Waals surface area contributed by atoms with Gasteiger partial charge in [0.15, 0.2) is 0 Å². The van der Waals surface area contributed by atoms with Gasteiger partial charge in [-0.25, -0.2) is 9.18 Å². The van der Waals surface area contributed by atoms with Crippen molar-refractivity contribution in [2.75, 3.05) is 0 Å². The zero-order valence-electron chi connectivity index (χ0n) is 14.2. The molecule has 0 fully saturated rings. The van der Waals surface area contributed by atoms with E-state index in [0.717, 1.165) is 17.4 Å². The first-order valence-electron chi connectivity index (χ1n) is 7.88. The number of rotatable bonds is 6. The van der Waals surface area contributed by atoms with Gasteiger partial charge in [0, 0.05) is 0 Å². The fraction of sp³-hybridized carbons (Fsp3) is 0.263. The van der Waals surface area contributed by atoms with E-state index in [9.17, 15) is 14.0 Å². The minimum absolute atomic E-state index is 0.0692. The van der Waals surface area contributed by atoms with Gasteiger partial charge in [0.05, 0.1) is 23.3 Å². The molecular weight excluding hydrogens is 325 g/mol. The summed E-state index contributed by atoms with van der Waals surface area (Å²) >= 11 is 0. The molecule has 0 saturated heterocycles. The first kappa shape index (κ1) is 18.4. The molecule has 0 heterocycles. The lowest BCUT2D eigenvalue weighted by atomic mass is 10.1. The minimum Gasteiger partial charge on any atom is -0.491 e. The van der Waals surface area contributed by atoms with Gasteiger partial charge < -0.3 is 15.2 Å². The normalized spacial score (nSPS) is 11.9. The summed E-state index contributed by atoms with van der Waals surface area (Å²) in [6, 6.07) is 10.1. The number of amides is 1. The topological polar surface area (TPSA) is 75.6 Å². The van der Waals surface area contributed by atoms with E-state index in [-0.39, 0.29) is 23.3 Å². The standard InChI is InChI=1S/C19H20FNO4/c1-11(2)25-15-7-4-13(5-8-15)12(3)21-18(22)16-9-6-14(19(23)24)10-17(16)20/h4-12H,1-3H3,(H,21,22)(H,23,24). The SMILES string of the molecule is CC(C)Oc1ccc(C(C)NC(=O)c2ccc(C(=O)O)cc2F)cc1. The van der Waals surface area contributed by atoms with Crippen molar-refractivity contribution >= 4 is 11.9 Å². The number of hydrogen-bond acceptors (Lipinski definition) is 3. The van der Waals surface area contributed by atoms with Crippen molar-refractivity contribution in [3.05, 3.63) is 65.0 Å². The lowest BCUT2D eigenvalue weighted by molar-refractivity contribution is 0.0695. The molecular formula is C19H20FNO4. The van der Waals surface area contributed by atoms with Gasteiger partial charge in [-0.3, -0.25) is 4.79 Å². The highest BCUT2D eigenvalue weighted by molar-refractivity contribution is 5.96. The highest BCUT2D eigenvalue weighted by atomic mass is 19.1. The second kappa shape index (κ2) is 7.79. The van der Waals surface area contributed by atoms with E-state index in [2.05, 4.69) is 5.32 Å². The summed E-state index contributed by atoms with van der Waals surface area (Å²) < 4.78 is 19.5. The van der Waals surface area contributed by atoms with E-state index in [4.69, 9.17) is 9.84 Å². The summed E-state index contributed by atoms with van der Waals surface area (Å²) in [7, 11) is 0. The molecule has 0 radical (unpaired) electrons. The quantitative estimate of drug-likeness (QED) is 0.835. The van der Waals surface area contributed by atoms with Gasteiger partial charge >= 0.3 is 5.97 Å². The zero-order valence-corrected chi connectivity index (χ0v) is 14.2. The van der Waals surface area contributed by atoms with Crippen molar-refractivity contribution in [1.82, 2.24) is 5.32 Å². The van der Waals surface area contributed by atoms with Gasteiger partial charge in [-0.1, -0.05) is 12.1 Å². The van der Waals surface area contributed by atoms with Crippen LogP contribution in [0.1, 0.15) is 53.1 Å². The van der Waals surface area contributed by atoms with Gasteiger partial charge in [-0.2, -0.15) is 0 Å². The number of aromatic carboxylic acids is 1. The Morgan fingerprint density at radius 2 is 1.72 bits per heavy atom. The molecule has 0 bridgehead atoms. The van der Waals surface area contributed by atoms with Crippen LogP contribution < -0.4 is 10.1 Å². The molecule has 5 nitrogen and oxygen atoms in total. The summed E-state index contributed by atoms with van der Waals surface area (Å²) in [5.74, 6) is -2.00. The molecule has 2 aromatic carbocycles. The van der Waals surface area contributed by atoms with E-state index in [0.29, 0.717) is 0 Å². The van der Waals surface area contributed by atoms with Gasteiger partial charge in [0.2, 0.25) is 0 Å². The fourth-order valence-corrected chi connectivity index (χ4v) is 2.30. The maximum absolute atomic E-state index is 13.9. The van der Waals surface area contributed by atoms with Gasteiger partial charge in [0.1, 0.15) is 11.6 Å². The first-order chi connectivity index (χ1) is 11.8. The molecule has 0 aromatic heterocycles. The van der Waals surface area contributed by atoms with Crippen LogP contribution in [0.2, 0.25) is 0 Å². The molecule has 0 aliphatic carbocycles. The average Bonchev–Trinajstić information content (AvgIpc) is 2.54. The number of hydrogen-bond donors (Lipinski definition) is 2. The van der Waals surface area contributed by atoms with Crippen molar-refractivity contribution < 1.29 is 23.8 Å². The number of carboxylic acids is 1. The zero-order chi connectivity index (χ0) is 18.6. The summed E-state index contributed by atoms with van der Waals surface area (Å²) in [5.41, 5.74) is 0.437. The van der Waals surface area contributed by atoms with Crippen LogP contribution in [-0.2, 0) is 0 Å². The van der Waals surface area contributed by atoms with E-state index in [1.807, 2.05) is 26.0 Å². The Bertz CT molecular complexity index is 771. The Balaban J connectivity index is 2.08. The number of ether oxygens (including phenoxy) is 1. The van der Waals surface area contributed by atoms with Crippen molar-refractivity contribution in [2.24, 2.45) is 0 Å². The number of benzene rings is 2. The lowest BCUT2D eigenvalue weighted by Gasteiger charge is -2.16. The lowest BCUT2D eigenvalue weighted by Crippen LogP contribution is -2.27. The molecule has 132 valence electrons. The molecule has 25 heavy (non-hydrogen) atoms. The van der Waals surface area contributed by atoms with E-state index in [1.54, 1.807) is 19.1 Å². The molecule has 1 unspecified atom stereocenters. The van der Waals surface area contributed by atoms with E-state index < -0.39 is 17.7 Å². The third kappa shape index (κ3) is 4.79. The second-order valence-corrected chi connectivity index (χ2v) is 5.93. The van der Waals surface area contributed by atoms with Crippen LogP contribution in [0.15, 0.2) is 42.5 Å². The number of carbonyl (C=O) groups excluding carboxylic acids is 1. The highest BCUT2D eigenvalue weighted by Gasteiger charge is 2.17. The summed E-state index contributed by atoms with van der Waals surface area (Å²) in [6.07, 6.45) is 0.0692. The number of carboxylic acid groups (broad SMARTS) is 1. The van der Waals surface area contributed by atoms with Crippen LogP contribution >= 0.6 is 0 Å². The van der Waals surface area contributed by atoms with Crippen LogP contribution in [0.3, 0.4) is 0 Å². The summed E-state index contributed by atoms with van der Waals surface area (Å²) in [5, 5.41) is 11.5. The maximum Gasteiger partial charge on any atom is 0.335 e. The van der Waals surface area contributed by atoms with Gasteiger partial charge in [-0.15, -0.1) is 0 Å². The third-order valence-electron chi connectivity index (χ3n) is 3.56. The van der Waals surface area contributed by atoms with Crippen molar-refractivity contribution in [1.29, 1.82) is 0 Å². The molecule has 2 N–H and O–H groups in total. The van der Waals surface area contributed by atoms with Crippen molar-refractivity contribution in [3.63, 3.8) is 0 Å². The van der Waals surface area contributed by atoms with Crippen LogP contribution in [0.5, 0.6) is 5.75 Å². The second-order valence-electron chi connectivity index (χ2n) is 5.93. The average molecular weight is 345 g/mol. The monoisotopic (exact) mass is 345 g/mol. The molecule has 1 atom stereocenters. The van der Waals surface area contributed by atoms with Gasteiger partial charge in [-0.05, 0) is 56.7 Å². The largest absolute Gasteiger partial charge is 0.491 e. The van der Waals surface area contributed by atoms with E-state index >= 15 is 0 Å². The number of nitrogens with one attached hydrogen (secondary N) is 1. The smallest absolute Gasteiger partial charge is 0.335 e. The van der Waals surface area contributed by atoms with Crippen LogP contribution in [0, 0.1) is 5.82 Å². The summed E-state index contributed by atoms with van der Waals surface area (Å²) in [4.78, 5) is 23.0. The maximum atomic E-state index is 13.9. The predicted molar refractivity (Wildman–Crippen MR) is 91.4 cm³/mol. The third-order valence-corrected chi connectivity index (χ3v) is 3.56. The molecule has 0 saturated carbocycles. The Hall–Kier alpha value is -2.89. The molecule has 0 aliphatic rings. The van der Waals surface area contributed by atoms with Crippen molar-refractivity contribution in [2.45, 2.75) is 32.9 Å². The number of carbonyl (C=O) groups is 2. The molecule has 1 amide bonds. The molecule has 0 aliphatic heterocycles. The fourth-order valence-electron chi connectivity index (χ4n) is 2.30.